The number of hydrogen-bond acceptors (Lipinski definition) is 9. The van der Waals surface area contributed by atoms with Crippen LogP contribution in [-0.2, 0) is 7.05 Å². The lowest BCUT2D eigenvalue weighted by atomic mass is 10.1. The van der Waals surface area contributed by atoms with Gasteiger partial charge in [0.25, 0.3) is 5.69 Å². The summed E-state index contributed by atoms with van der Waals surface area (Å²) in [5, 5.41) is 15.0. The summed E-state index contributed by atoms with van der Waals surface area (Å²) in [5.41, 5.74) is 2.93. The summed E-state index contributed by atoms with van der Waals surface area (Å²) in [4.78, 5) is 28.7. The standard InChI is InChI=1S/C26H28F2N8O3/c1-33(2)14-16-6-5-11-35(16)21-13-23(39-25(27)28)19(12-22(21)36(37)38)32-26-30-10-8-18(31-26)17-15-34(3)20-7-4-9-29-24(17)20/h4,7-10,12-13,15-16,25H,5-6,11,14H2,1-3H3,(H,30,31,32). The number of nitro groups is 1. The molecule has 1 N–H and O–H groups in total. The van der Waals surface area contributed by atoms with E-state index in [0.29, 0.717) is 18.8 Å². The molecular weight excluding hydrogens is 510 g/mol. The molecule has 204 valence electrons. The van der Waals surface area contributed by atoms with Gasteiger partial charge in [0.1, 0.15) is 5.69 Å². The Labute approximate surface area is 223 Å². The molecule has 1 aliphatic heterocycles. The zero-order valence-corrected chi connectivity index (χ0v) is 21.7. The molecule has 39 heavy (non-hydrogen) atoms. The van der Waals surface area contributed by atoms with E-state index in [1.54, 1.807) is 12.3 Å². The molecule has 13 heteroatoms. The fourth-order valence-electron chi connectivity index (χ4n) is 5.08. The predicted octanol–water partition coefficient (Wildman–Crippen LogP) is 4.81. The van der Waals surface area contributed by atoms with Crippen LogP contribution in [-0.4, -0.2) is 69.2 Å². The fraction of sp³-hybridized carbons (Fsp3) is 0.346. The number of benzene rings is 1. The van der Waals surface area contributed by atoms with Gasteiger partial charge in [0.05, 0.1) is 27.3 Å². The van der Waals surface area contributed by atoms with Crippen LogP contribution in [0.25, 0.3) is 22.3 Å². The number of anilines is 3. The van der Waals surface area contributed by atoms with Gasteiger partial charge in [0, 0.05) is 62.5 Å². The number of likely N-dealkylation sites (N-methyl/N-ethyl adjacent to an activating group) is 1. The summed E-state index contributed by atoms with van der Waals surface area (Å²) in [6, 6.07) is 7.99. The molecule has 4 heterocycles. The number of nitrogens with zero attached hydrogens (tertiary/aromatic N) is 7. The van der Waals surface area contributed by atoms with Gasteiger partial charge in [-0.25, -0.2) is 9.97 Å². The quantitative estimate of drug-likeness (QED) is 0.237. The molecule has 1 atom stereocenters. The third-order valence-electron chi connectivity index (χ3n) is 6.67. The van der Waals surface area contributed by atoms with Crippen LogP contribution >= 0.6 is 0 Å². The third-order valence-corrected chi connectivity index (χ3v) is 6.67. The lowest BCUT2D eigenvalue weighted by Crippen LogP contribution is -2.37. The van der Waals surface area contributed by atoms with Crippen molar-refractivity contribution in [2.75, 3.05) is 37.4 Å². The lowest BCUT2D eigenvalue weighted by Gasteiger charge is -2.29. The van der Waals surface area contributed by atoms with Gasteiger partial charge in [-0.1, -0.05) is 0 Å². The first-order valence-corrected chi connectivity index (χ1v) is 12.4. The van der Waals surface area contributed by atoms with E-state index in [4.69, 9.17) is 4.74 Å². The number of halogens is 2. The minimum absolute atomic E-state index is 0.00577. The van der Waals surface area contributed by atoms with Gasteiger partial charge in [0.15, 0.2) is 5.75 Å². The topological polar surface area (TPSA) is 114 Å². The van der Waals surface area contributed by atoms with Crippen LogP contribution in [0.1, 0.15) is 12.8 Å². The lowest BCUT2D eigenvalue weighted by molar-refractivity contribution is -0.384. The first kappa shape index (κ1) is 26.2. The molecule has 1 saturated heterocycles. The first-order valence-electron chi connectivity index (χ1n) is 12.4. The number of aromatic nitrogens is 4. The van der Waals surface area contributed by atoms with Crippen molar-refractivity contribution in [1.82, 2.24) is 24.4 Å². The van der Waals surface area contributed by atoms with Crippen LogP contribution in [0.5, 0.6) is 5.75 Å². The van der Waals surface area contributed by atoms with Gasteiger partial charge >= 0.3 is 6.61 Å². The maximum absolute atomic E-state index is 13.4. The van der Waals surface area contributed by atoms with Crippen LogP contribution in [0.4, 0.5) is 31.8 Å². The zero-order chi connectivity index (χ0) is 27.7. The Hall–Kier alpha value is -4.39. The maximum atomic E-state index is 13.4. The second-order valence-electron chi connectivity index (χ2n) is 9.64. The molecular formula is C26H28F2N8O3. The molecule has 5 rings (SSSR count). The Balaban J connectivity index is 1.54. The van der Waals surface area contributed by atoms with Crippen LogP contribution < -0.4 is 15.0 Å². The molecule has 1 fully saturated rings. The van der Waals surface area contributed by atoms with Crippen molar-refractivity contribution in [1.29, 1.82) is 0 Å². The highest BCUT2D eigenvalue weighted by Crippen LogP contribution is 2.42. The van der Waals surface area contributed by atoms with E-state index in [1.165, 1.54) is 18.3 Å². The van der Waals surface area contributed by atoms with E-state index in [-0.39, 0.29) is 34.8 Å². The highest BCUT2D eigenvalue weighted by molar-refractivity contribution is 5.92. The van der Waals surface area contributed by atoms with E-state index < -0.39 is 11.5 Å². The number of fused-ring (bicyclic) bond motifs is 1. The number of hydrogen-bond donors (Lipinski definition) is 1. The fourth-order valence-corrected chi connectivity index (χ4v) is 5.08. The molecule has 3 aromatic heterocycles. The molecule has 1 aliphatic rings. The summed E-state index contributed by atoms with van der Waals surface area (Å²) in [5.74, 6) is -0.171. The highest BCUT2D eigenvalue weighted by atomic mass is 19.3. The van der Waals surface area contributed by atoms with Crippen molar-refractivity contribution in [3.63, 3.8) is 0 Å². The zero-order valence-electron chi connectivity index (χ0n) is 21.7. The van der Waals surface area contributed by atoms with Crippen LogP contribution in [0.2, 0.25) is 0 Å². The van der Waals surface area contributed by atoms with Gasteiger partial charge in [-0.2, -0.15) is 8.78 Å². The first-order chi connectivity index (χ1) is 18.7. The van der Waals surface area contributed by atoms with E-state index in [2.05, 4.69) is 20.3 Å². The number of nitro benzene ring substituents is 1. The van der Waals surface area contributed by atoms with E-state index in [9.17, 15) is 18.9 Å². The molecule has 0 bridgehead atoms. The molecule has 1 aromatic carbocycles. The third kappa shape index (κ3) is 5.43. The Morgan fingerprint density at radius 3 is 2.82 bits per heavy atom. The summed E-state index contributed by atoms with van der Waals surface area (Å²) >= 11 is 0. The normalized spacial score (nSPS) is 15.5. The molecule has 0 amide bonds. The second-order valence-corrected chi connectivity index (χ2v) is 9.64. The molecule has 0 spiro atoms. The Morgan fingerprint density at radius 2 is 2.08 bits per heavy atom. The van der Waals surface area contributed by atoms with Crippen molar-refractivity contribution in [3.8, 4) is 17.0 Å². The summed E-state index contributed by atoms with van der Waals surface area (Å²) in [7, 11) is 5.74. The van der Waals surface area contributed by atoms with Crippen molar-refractivity contribution >= 4 is 34.0 Å². The Kier molecular flexibility index (Phi) is 7.24. The SMILES string of the molecule is CN(C)CC1CCCN1c1cc(OC(F)F)c(Nc2nccc(-c3cn(C)c4cccnc34)n2)cc1[N+](=O)[O-]. The van der Waals surface area contributed by atoms with Crippen molar-refractivity contribution in [2.24, 2.45) is 7.05 Å². The van der Waals surface area contributed by atoms with E-state index in [0.717, 1.165) is 29.4 Å². The maximum Gasteiger partial charge on any atom is 0.387 e. The number of nitrogens with one attached hydrogen (secondary N) is 1. The Morgan fingerprint density at radius 1 is 1.26 bits per heavy atom. The van der Waals surface area contributed by atoms with Crippen molar-refractivity contribution in [3.05, 3.63) is 59.0 Å². The minimum atomic E-state index is -3.13. The van der Waals surface area contributed by atoms with Gasteiger partial charge in [-0.3, -0.25) is 15.1 Å². The summed E-state index contributed by atoms with van der Waals surface area (Å²) in [6.45, 7) is -1.89. The highest BCUT2D eigenvalue weighted by Gasteiger charge is 2.32. The van der Waals surface area contributed by atoms with Crippen LogP contribution in [0.3, 0.4) is 0 Å². The van der Waals surface area contributed by atoms with Crippen molar-refractivity contribution < 1.29 is 18.4 Å². The average molecular weight is 539 g/mol. The van der Waals surface area contributed by atoms with Gasteiger partial charge in [-0.05, 0) is 45.1 Å². The molecule has 0 saturated carbocycles. The predicted molar refractivity (Wildman–Crippen MR) is 144 cm³/mol. The molecule has 0 aliphatic carbocycles. The monoisotopic (exact) mass is 538 g/mol. The smallest absolute Gasteiger partial charge is 0.387 e. The minimum Gasteiger partial charge on any atom is -0.433 e. The number of pyridine rings is 1. The van der Waals surface area contributed by atoms with Crippen LogP contribution in [0, 0.1) is 10.1 Å². The van der Waals surface area contributed by atoms with Gasteiger partial charge < -0.3 is 24.4 Å². The average Bonchev–Trinajstić information content (AvgIpc) is 3.48. The number of ether oxygens (including phenoxy) is 1. The molecule has 0 radical (unpaired) electrons. The number of aryl methyl sites for hydroxylation is 1. The van der Waals surface area contributed by atoms with E-state index >= 15 is 0 Å². The second kappa shape index (κ2) is 10.8. The van der Waals surface area contributed by atoms with Gasteiger partial charge in [0.2, 0.25) is 5.95 Å². The largest absolute Gasteiger partial charge is 0.433 e. The van der Waals surface area contributed by atoms with E-state index in [1.807, 2.05) is 53.8 Å². The summed E-state index contributed by atoms with van der Waals surface area (Å²) in [6.07, 6.45) is 6.76. The Bertz CT molecular complexity index is 1510. The van der Waals surface area contributed by atoms with Crippen molar-refractivity contribution in [2.45, 2.75) is 25.5 Å². The molecule has 4 aromatic rings. The van der Waals surface area contributed by atoms with Gasteiger partial charge in [-0.15, -0.1) is 0 Å². The number of alkyl halides is 2. The van der Waals surface area contributed by atoms with Crippen LogP contribution in [0.15, 0.2) is 48.9 Å². The summed E-state index contributed by atoms with van der Waals surface area (Å²) < 4.78 is 33.6. The number of rotatable bonds is 9. The molecule has 11 nitrogen and oxygen atoms in total. The molecule has 1 unspecified atom stereocenters.